The predicted molar refractivity (Wildman–Crippen MR) is 119 cm³/mol. The Kier molecular flexibility index (Phi) is 4.48. The molecule has 0 radical (unpaired) electrons. The molecule has 7 nitrogen and oxygen atoms in total. The normalized spacial score (nSPS) is 12.4. The standard InChI is InChI=1S/C23H21N5O2/c1-29-17-10-8-16(9-11-17)28-14-24-20-13-15(7-12-21(20)28)25-22-18-5-3-4-6-19(18)23(30-2)27-26-22/h3-13,24H,14H2,1-2H3,(H,25,26). The fourth-order valence-corrected chi connectivity index (χ4v) is 3.69. The quantitative estimate of drug-likeness (QED) is 0.494. The Morgan fingerprint density at radius 3 is 2.47 bits per heavy atom. The summed E-state index contributed by atoms with van der Waals surface area (Å²) in [5.74, 6) is 2.05. The number of aromatic nitrogens is 2. The van der Waals surface area contributed by atoms with Crippen molar-refractivity contribution in [2.45, 2.75) is 0 Å². The van der Waals surface area contributed by atoms with Crippen LogP contribution in [0.15, 0.2) is 66.7 Å². The molecule has 5 rings (SSSR count). The molecule has 0 fully saturated rings. The van der Waals surface area contributed by atoms with E-state index in [-0.39, 0.29) is 0 Å². The van der Waals surface area contributed by atoms with Crippen LogP contribution in [0.5, 0.6) is 11.6 Å². The first-order chi connectivity index (χ1) is 14.8. The summed E-state index contributed by atoms with van der Waals surface area (Å²) in [6, 6.07) is 22.2. The molecule has 150 valence electrons. The number of benzene rings is 3. The monoisotopic (exact) mass is 399 g/mol. The van der Waals surface area contributed by atoms with Gasteiger partial charge in [-0.2, -0.15) is 0 Å². The van der Waals surface area contributed by atoms with Gasteiger partial charge in [0, 0.05) is 22.1 Å². The van der Waals surface area contributed by atoms with Crippen LogP contribution in [0.3, 0.4) is 0 Å². The van der Waals surface area contributed by atoms with Crippen LogP contribution in [0, 0.1) is 0 Å². The number of nitrogens with zero attached hydrogens (tertiary/aromatic N) is 3. The molecule has 0 spiro atoms. The Morgan fingerprint density at radius 2 is 1.70 bits per heavy atom. The summed E-state index contributed by atoms with van der Waals surface area (Å²) in [7, 11) is 3.27. The topological polar surface area (TPSA) is 71.5 Å². The third-order valence-corrected chi connectivity index (χ3v) is 5.21. The van der Waals surface area contributed by atoms with E-state index in [9.17, 15) is 0 Å². The number of hydrogen-bond acceptors (Lipinski definition) is 7. The minimum atomic E-state index is 0.516. The second kappa shape index (κ2) is 7.44. The third kappa shape index (κ3) is 3.10. The maximum Gasteiger partial charge on any atom is 0.241 e. The lowest BCUT2D eigenvalue weighted by atomic mass is 10.1. The van der Waals surface area contributed by atoms with Gasteiger partial charge in [-0.3, -0.25) is 0 Å². The van der Waals surface area contributed by atoms with Crippen LogP contribution >= 0.6 is 0 Å². The molecule has 30 heavy (non-hydrogen) atoms. The zero-order chi connectivity index (χ0) is 20.5. The van der Waals surface area contributed by atoms with E-state index in [2.05, 4.69) is 50.0 Å². The fraction of sp³-hybridized carbons (Fsp3) is 0.130. The molecule has 0 saturated heterocycles. The van der Waals surface area contributed by atoms with E-state index in [0.717, 1.165) is 39.3 Å². The van der Waals surface area contributed by atoms with Crippen LogP contribution in [-0.2, 0) is 0 Å². The Hall–Kier alpha value is -4.00. The molecular weight excluding hydrogens is 378 g/mol. The number of nitrogens with one attached hydrogen (secondary N) is 2. The van der Waals surface area contributed by atoms with Gasteiger partial charge in [0.25, 0.3) is 0 Å². The summed E-state index contributed by atoms with van der Waals surface area (Å²) in [4.78, 5) is 2.22. The number of hydrogen-bond donors (Lipinski definition) is 2. The highest BCUT2D eigenvalue weighted by Gasteiger charge is 2.20. The van der Waals surface area contributed by atoms with Crippen LogP contribution in [0.25, 0.3) is 10.8 Å². The zero-order valence-electron chi connectivity index (χ0n) is 16.7. The first-order valence-corrected chi connectivity index (χ1v) is 9.63. The highest BCUT2D eigenvalue weighted by molar-refractivity contribution is 5.96. The first-order valence-electron chi connectivity index (χ1n) is 9.63. The van der Waals surface area contributed by atoms with Gasteiger partial charge in [0.15, 0.2) is 5.82 Å². The lowest BCUT2D eigenvalue weighted by molar-refractivity contribution is 0.398. The van der Waals surface area contributed by atoms with Crippen LogP contribution in [-0.4, -0.2) is 31.1 Å². The van der Waals surface area contributed by atoms with Crippen molar-refractivity contribution in [3.63, 3.8) is 0 Å². The molecule has 0 atom stereocenters. The lowest BCUT2D eigenvalue weighted by Crippen LogP contribution is -2.16. The predicted octanol–water partition coefficient (Wildman–Crippen LogP) is 4.91. The molecule has 2 heterocycles. The molecule has 0 unspecified atom stereocenters. The summed E-state index contributed by atoms with van der Waals surface area (Å²) in [5, 5.41) is 17.2. The van der Waals surface area contributed by atoms with Crippen LogP contribution < -0.4 is 25.0 Å². The van der Waals surface area contributed by atoms with Gasteiger partial charge in [0.05, 0.1) is 32.3 Å². The van der Waals surface area contributed by atoms with Gasteiger partial charge in [-0.15, -0.1) is 10.2 Å². The summed E-state index contributed by atoms with van der Waals surface area (Å²) < 4.78 is 10.6. The van der Waals surface area contributed by atoms with Crippen molar-refractivity contribution >= 4 is 39.3 Å². The average molecular weight is 399 g/mol. The van der Waals surface area contributed by atoms with Gasteiger partial charge in [0.1, 0.15) is 5.75 Å². The van der Waals surface area contributed by atoms with Gasteiger partial charge in [-0.25, -0.2) is 0 Å². The average Bonchev–Trinajstić information content (AvgIpc) is 3.22. The van der Waals surface area contributed by atoms with Gasteiger partial charge >= 0.3 is 0 Å². The molecule has 7 heteroatoms. The number of fused-ring (bicyclic) bond motifs is 2. The molecule has 1 aliphatic rings. The molecular formula is C23H21N5O2. The van der Waals surface area contributed by atoms with E-state index in [4.69, 9.17) is 9.47 Å². The van der Waals surface area contributed by atoms with Crippen LogP contribution in [0.2, 0.25) is 0 Å². The minimum absolute atomic E-state index is 0.516. The van der Waals surface area contributed by atoms with E-state index in [1.54, 1.807) is 14.2 Å². The van der Waals surface area contributed by atoms with Crippen LogP contribution in [0.4, 0.5) is 28.6 Å². The van der Waals surface area contributed by atoms with Crippen molar-refractivity contribution < 1.29 is 9.47 Å². The van der Waals surface area contributed by atoms with Crippen molar-refractivity contribution in [1.29, 1.82) is 0 Å². The van der Waals surface area contributed by atoms with Gasteiger partial charge in [-0.05, 0) is 48.5 Å². The Labute approximate surface area is 174 Å². The SMILES string of the molecule is COc1ccc(N2CNc3cc(Nc4nnc(OC)c5ccccc45)ccc32)cc1. The van der Waals surface area contributed by atoms with Crippen molar-refractivity contribution in [2.75, 3.05) is 36.4 Å². The highest BCUT2D eigenvalue weighted by atomic mass is 16.5. The van der Waals surface area contributed by atoms with E-state index < -0.39 is 0 Å². The summed E-state index contributed by atoms with van der Waals surface area (Å²) in [6.07, 6.45) is 0. The summed E-state index contributed by atoms with van der Waals surface area (Å²) in [6.45, 7) is 0.705. The second-order valence-electron chi connectivity index (χ2n) is 6.92. The van der Waals surface area contributed by atoms with E-state index in [1.807, 2.05) is 42.5 Å². The molecule has 0 aliphatic carbocycles. The van der Waals surface area contributed by atoms with Gasteiger partial charge < -0.3 is 25.0 Å². The van der Waals surface area contributed by atoms with Crippen molar-refractivity contribution in [1.82, 2.24) is 10.2 Å². The minimum Gasteiger partial charge on any atom is -0.497 e. The molecule has 0 amide bonds. The maximum atomic E-state index is 5.34. The summed E-state index contributed by atoms with van der Waals surface area (Å²) >= 11 is 0. The molecule has 1 aromatic heterocycles. The van der Waals surface area contributed by atoms with Gasteiger partial charge in [0.2, 0.25) is 5.88 Å². The molecule has 2 N–H and O–H groups in total. The smallest absolute Gasteiger partial charge is 0.241 e. The molecule has 4 aromatic rings. The number of rotatable bonds is 5. The molecule has 3 aromatic carbocycles. The maximum absolute atomic E-state index is 5.34. The van der Waals surface area contributed by atoms with Gasteiger partial charge in [-0.1, -0.05) is 18.2 Å². The van der Waals surface area contributed by atoms with Crippen LogP contribution in [0.1, 0.15) is 0 Å². The Morgan fingerprint density at radius 1 is 0.900 bits per heavy atom. The number of ether oxygens (including phenoxy) is 2. The third-order valence-electron chi connectivity index (χ3n) is 5.21. The number of anilines is 5. The van der Waals surface area contributed by atoms with Crippen molar-refractivity contribution in [2.24, 2.45) is 0 Å². The first kappa shape index (κ1) is 18.1. The lowest BCUT2D eigenvalue weighted by Gasteiger charge is -2.18. The molecule has 1 aliphatic heterocycles. The van der Waals surface area contributed by atoms with E-state index >= 15 is 0 Å². The van der Waals surface area contributed by atoms with Crippen molar-refractivity contribution in [3.8, 4) is 11.6 Å². The Balaban J connectivity index is 1.44. The molecule has 0 bridgehead atoms. The highest BCUT2D eigenvalue weighted by Crippen LogP contribution is 2.39. The largest absolute Gasteiger partial charge is 0.497 e. The van der Waals surface area contributed by atoms with E-state index in [0.29, 0.717) is 18.4 Å². The van der Waals surface area contributed by atoms with Crippen molar-refractivity contribution in [3.05, 3.63) is 66.7 Å². The Bertz CT molecular complexity index is 1210. The number of methoxy groups -OCH3 is 2. The van der Waals surface area contributed by atoms with E-state index in [1.165, 1.54) is 0 Å². The second-order valence-corrected chi connectivity index (χ2v) is 6.92. The molecule has 0 saturated carbocycles. The summed E-state index contributed by atoms with van der Waals surface area (Å²) in [5.41, 5.74) is 4.22. The zero-order valence-corrected chi connectivity index (χ0v) is 16.7. The fourth-order valence-electron chi connectivity index (χ4n) is 3.69.